The van der Waals surface area contributed by atoms with Crippen molar-refractivity contribution < 1.29 is 19.4 Å². The molecule has 7 heteroatoms. The number of methoxy groups -OCH3 is 2. The van der Waals surface area contributed by atoms with Gasteiger partial charge in [0.05, 0.1) is 24.4 Å². The average Bonchev–Trinajstić information content (AvgIpc) is 3.29. The standard InChI is InChI=1S/C27H24N2O4S/c1-32-22-10-7-20(8-11-22)15-16-29(18-21-5-3-19(4-6-21)9-14-26(30)31)27-28-24-17-23(33-2)12-13-25(24)34-27/h3-8,10-13,17H,15-16,18H2,1-2H3,(H,30,31). The van der Waals surface area contributed by atoms with Gasteiger partial charge in [0, 0.05) is 30.6 Å². The second-order valence-electron chi connectivity index (χ2n) is 7.60. The number of hydrogen-bond donors (Lipinski definition) is 1. The molecule has 0 unspecified atom stereocenters. The molecule has 0 amide bonds. The maximum atomic E-state index is 10.7. The van der Waals surface area contributed by atoms with E-state index in [1.54, 1.807) is 25.6 Å². The van der Waals surface area contributed by atoms with Crippen molar-refractivity contribution in [1.29, 1.82) is 0 Å². The number of aromatic nitrogens is 1. The minimum Gasteiger partial charge on any atom is -0.497 e. The highest BCUT2D eigenvalue weighted by atomic mass is 32.1. The van der Waals surface area contributed by atoms with Crippen LogP contribution in [0.5, 0.6) is 11.5 Å². The van der Waals surface area contributed by atoms with Crippen LogP contribution in [-0.4, -0.2) is 36.8 Å². The van der Waals surface area contributed by atoms with E-state index in [0.717, 1.165) is 45.4 Å². The third kappa shape index (κ3) is 5.85. The van der Waals surface area contributed by atoms with Crippen LogP contribution in [0.2, 0.25) is 0 Å². The molecule has 1 N–H and O–H groups in total. The van der Waals surface area contributed by atoms with Crippen LogP contribution in [0.25, 0.3) is 10.2 Å². The molecule has 0 saturated heterocycles. The second kappa shape index (κ2) is 10.7. The molecule has 172 valence electrons. The zero-order valence-corrected chi connectivity index (χ0v) is 19.8. The summed E-state index contributed by atoms with van der Waals surface area (Å²) in [7, 11) is 3.32. The van der Waals surface area contributed by atoms with Gasteiger partial charge in [0.25, 0.3) is 0 Å². The fraction of sp³-hybridized carbons (Fsp3) is 0.185. The highest BCUT2D eigenvalue weighted by molar-refractivity contribution is 7.22. The van der Waals surface area contributed by atoms with Gasteiger partial charge in [-0.15, -0.1) is 0 Å². The van der Waals surface area contributed by atoms with Crippen LogP contribution in [0.4, 0.5) is 5.13 Å². The number of carboxylic acids is 1. The molecule has 0 aliphatic heterocycles. The van der Waals surface area contributed by atoms with Crippen molar-refractivity contribution in [2.24, 2.45) is 0 Å². The highest BCUT2D eigenvalue weighted by Crippen LogP contribution is 2.32. The van der Waals surface area contributed by atoms with Gasteiger partial charge in [0.2, 0.25) is 0 Å². The van der Waals surface area contributed by atoms with Crippen molar-refractivity contribution in [3.8, 4) is 23.3 Å². The number of carboxylic acid groups (broad SMARTS) is 1. The van der Waals surface area contributed by atoms with Gasteiger partial charge >= 0.3 is 5.97 Å². The Balaban J connectivity index is 1.58. The lowest BCUT2D eigenvalue weighted by molar-refractivity contribution is -0.130. The summed E-state index contributed by atoms with van der Waals surface area (Å²) in [4.78, 5) is 17.8. The normalized spacial score (nSPS) is 10.4. The Morgan fingerprint density at radius 2 is 1.65 bits per heavy atom. The molecule has 0 spiro atoms. The van der Waals surface area contributed by atoms with E-state index in [2.05, 4.69) is 28.9 Å². The number of benzene rings is 3. The van der Waals surface area contributed by atoms with E-state index >= 15 is 0 Å². The largest absolute Gasteiger partial charge is 0.497 e. The van der Waals surface area contributed by atoms with Gasteiger partial charge in [0.15, 0.2) is 5.13 Å². The fourth-order valence-corrected chi connectivity index (χ4v) is 4.47. The number of carbonyl (C=O) groups is 1. The van der Waals surface area contributed by atoms with Crippen molar-refractivity contribution in [2.75, 3.05) is 25.7 Å². The Hall–Kier alpha value is -4.02. The molecule has 0 radical (unpaired) electrons. The van der Waals surface area contributed by atoms with Crippen LogP contribution in [0.3, 0.4) is 0 Å². The predicted octanol–water partition coefficient (Wildman–Crippen LogP) is 5.00. The van der Waals surface area contributed by atoms with Crippen molar-refractivity contribution in [3.63, 3.8) is 0 Å². The molecule has 1 heterocycles. The third-order valence-electron chi connectivity index (χ3n) is 5.32. The second-order valence-corrected chi connectivity index (χ2v) is 8.61. The molecule has 0 fully saturated rings. The first-order valence-corrected chi connectivity index (χ1v) is 11.5. The van der Waals surface area contributed by atoms with Crippen molar-refractivity contribution >= 4 is 32.7 Å². The number of nitrogens with zero attached hydrogens (tertiary/aromatic N) is 2. The number of fused-ring (bicyclic) bond motifs is 1. The molecule has 4 aromatic rings. The zero-order valence-electron chi connectivity index (χ0n) is 18.9. The smallest absolute Gasteiger partial charge is 0.382 e. The van der Waals surface area contributed by atoms with Gasteiger partial charge in [-0.1, -0.05) is 41.5 Å². The first-order valence-electron chi connectivity index (χ1n) is 10.7. The summed E-state index contributed by atoms with van der Waals surface area (Å²) >= 11 is 1.65. The third-order valence-corrected chi connectivity index (χ3v) is 6.42. The quantitative estimate of drug-likeness (QED) is 0.364. The molecular formula is C27H24N2O4S. The van der Waals surface area contributed by atoms with Crippen LogP contribution in [0.15, 0.2) is 66.7 Å². The molecule has 0 atom stereocenters. The van der Waals surface area contributed by atoms with Crippen molar-refractivity contribution in [1.82, 2.24) is 4.98 Å². The van der Waals surface area contributed by atoms with E-state index in [4.69, 9.17) is 19.6 Å². The van der Waals surface area contributed by atoms with Crippen LogP contribution >= 0.6 is 11.3 Å². The molecule has 34 heavy (non-hydrogen) atoms. The highest BCUT2D eigenvalue weighted by Gasteiger charge is 2.14. The maximum Gasteiger partial charge on any atom is 0.382 e. The lowest BCUT2D eigenvalue weighted by atomic mass is 10.1. The molecular weight excluding hydrogens is 448 g/mol. The van der Waals surface area contributed by atoms with E-state index in [-0.39, 0.29) is 0 Å². The minimum atomic E-state index is -1.14. The van der Waals surface area contributed by atoms with Gasteiger partial charge in [-0.25, -0.2) is 9.78 Å². The van der Waals surface area contributed by atoms with E-state index < -0.39 is 5.97 Å². The summed E-state index contributed by atoms with van der Waals surface area (Å²) in [5.41, 5.74) is 3.89. The molecule has 1 aromatic heterocycles. The summed E-state index contributed by atoms with van der Waals surface area (Å²) in [6, 6.07) is 21.7. The Labute approximate surface area is 202 Å². The summed E-state index contributed by atoms with van der Waals surface area (Å²) in [5.74, 6) is 5.28. The van der Waals surface area contributed by atoms with Gasteiger partial charge < -0.3 is 19.5 Å². The Morgan fingerprint density at radius 1 is 0.971 bits per heavy atom. The molecule has 0 bridgehead atoms. The zero-order chi connectivity index (χ0) is 23.9. The molecule has 0 saturated carbocycles. The minimum absolute atomic E-state index is 0.666. The van der Waals surface area contributed by atoms with Crippen LogP contribution in [0.1, 0.15) is 16.7 Å². The molecule has 4 rings (SSSR count). The number of hydrogen-bond acceptors (Lipinski definition) is 6. The van der Waals surface area contributed by atoms with Crippen LogP contribution < -0.4 is 14.4 Å². The number of ether oxygens (including phenoxy) is 2. The predicted molar refractivity (Wildman–Crippen MR) is 135 cm³/mol. The fourth-order valence-electron chi connectivity index (χ4n) is 3.50. The molecule has 6 nitrogen and oxygen atoms in total. The van der Waals surface area contributed by atoms with E-state index in [9.17, 15) is 4.79 Å². The first kappa shape index (κ1) is 23.1. The summed E-state index contributed by atoms with van der Waals surface area (Å²) in [5, 5.41) is 9.69. The average molecular weight is 473 g/mol. The maximum absolute atomic E-state index is 10.7. The number of aliphatic carboxylic acids is 1. The Morgan fingerprint density at radius 3 is 2.32 bits per heavy atom. The van der Waals surface area contributed by atoms with Crippen molar-refractivity contribution in [2.45, 2.75) is 13.0 Å². The van der Waals surface area contributed by atoms with Gasteiger partial charge in [0.1, 0.15) is 11.5 Å². The number of anilines is 1. The summed E-state index contributed by atoms with van der Waals surface area (Å²) < 4.78 is 11.7. The van der Waals surface area contributed by atoms with Gasteiger partial charge in [-0.05, 0) is 53.9 Å². The van der Waals surface area contributed by atoms with E-state index in [1.165, 1.54) is 5.56 Å². The summed E-state index contributed by atoms with van der Waals surface area (Å²) in [6.45, 7) is 1.45. The lowest BCUT2D eigenvalue weighted by Gasteiger charge is -2.22. The summed E-state index contributed by atoms with van der Waals surface area (Å²) in [6.07, 6.45) is 0.853. The van der Waals surface area contributed by atoms with Gasteiger partial charge in [-0.2, -0.15) is 0 Å². The Bertz CT molecular complexity index is 1340. The monoisotopic (exact) mass is 472 g/mol. The topological polar surface area (TPSA) is 71.9 Å². The van der Waals surface area contributed by atoms with Crippen LogP contribution in [-0.2, 0) is 17.8 Å². The molecule has 0 aliphatic rings. The van der Waals surface area contributed by atoms with Crippen LogP contribution in [0, 0.1) is 11.8 Å². The lowest BCUT2D eigenvalue weighted by Crippen LogP contribution is -2.25. The molecule has 0 aliphatic carbocycles. The van der Waals surface area contributed by atoms with Gasteiger partial charge in [-0.3, -0.25) is 0 Å². The Kier molecular flexibility index (Phi) is 7.31. The van der Waals surface area contributed by atoms with E-state index in [1.807, 2.05) is 54.6 Å². The van der Waals surface area contributed by atoms with E-state index in [0.29, 0.717) is 12.1 Å². The SMILES string of the molecule is COc1ccc(CCN(Cc2ccc(C#CC(=O)O)cc2)c2nc3cc(OC)ccc3s2)cc1. The number of rotatable bonds is 8. The number of thiazole rings is 1. The molecule has 3 aromatic carbocycles. The first-order chi connectivity index (χ1) is 16.5. The van der Waals surface area contributed by atoms with Crippen molar-refractivity contribution in [3.05, 3.63) is 83.4 Å².